The van der Waals surface area contributed by atoms with Gasteiger partial charge in [0.05, 0.1) is 6.10 Å². The third-order valence-electron chi connectivity index (χ3n) is 1.59. The molecule has 10 heavy (non-hydrogen) atoms. The first-order valence-corrected chi connectivity index (χ1v) is 4.08. The average molecular weight is 145 g/mol. The zero-order chi connectivity index (χ0) is 7.82. The maximum absolute atomic E-state index is 5.18. The Kier molecular flexibility index (Phi) is 6.98. The van der Waals surface area contributed by atoms with E-state index in [0.717, 1.165) is 19.5 Å². The van der Waals surface area contributed by atoms with Gasteiger partial charge < -0.3 is 10.1 Å². The van der Waals surface area contributed by atoms with Gasteiger partial charge in [0.15, 0.2) is 0 Å². The van der Waals surface area contributed by atoms with Gasteiger partial charge in [0.25, 0.3) is 0 Å². The second-order valence-electron chi connectivity index (χ2n) is 2.47. The molecule has 0 amide bonds. The molecule has 2 heteroatoms. The van der Waals surface area contributed by atoms with E-state index in [9.17, 15) is 0 Å². The molecule has 0 saturated carbocycles. The van der Waals surface area contributed by atoms with Crippen LogP contribution in [0.5, 0.6) is 0 Å². The lowest BCUT2D eigenvalue weighted by atomic mass is 10.3. The van der Waals surface area contributed by atoms with Crippen molar-refractivity contribution < 1.29 is 4.74 Å². The highest BCUT2D eigenvalue weighted by Gasteiger charge is 2.00. The smallest absolute Gasteiger partial charge is 0.0693 e. The number of ether oxygens (including phenoxy) is 1. The molecule has 0 bridgehead atoms. The van der Waals surface area contributed by atoms with Gasteiger partial charge >= 0.3 is 0 Å². The van der Waals surface area contributed by atoms with Crippen LogP contribution in [0.4, 0.5) is 0 Å². The molecule has 0 saturated heterocycles. The summed E-state index contributed by atoms with van der Waals surface area (Å²) < 4.78 is 5.18. The van der Waals surface area contributed by atoms with Crippen LogP contribution in [-0.4, -0.2) is 26.3 Å². The summed E-state index contributed by atoms with van der Waals surface area (Å²) in [4.78, 5) is 0. The lowest BCUT2D eigenvalue weighted by Gasteiger charge is -2.12. The summed E-state index contributed by atoms with van der Waals surface area (Å²) >= 11 is 0. The van der Waals surface area contributed by atoms with Gasteiger partial charge in [-0.05, 0) is 19.4 Å². The minimum atomic E-state index is 0.395. The minimum absolute atomic E-state index is 0.395. The monoisotopic (exact) mass is 145 g/mol. The largest absolute Gasteiger partial charge is 0.380 e. The Bertz CT molecular complexity index is 62.3. The van der Waals surface area contributed by atoms with E-state index in [-0.39, 0.29) is 0 Å². The normalized spacial score (nSPS) is 13.5. The van der Waals surface area contributed by atoms with Crippen LogP contribution in [0.2, 0.25) is 0 Å². The molecule has 0 aromatic rings. The van der Waals surface area contributed by atoms with Crippen molar-refractivity contribution in [1.29, 1.82) is 0 Å². The van der Waals surface area contributed by atoms with Crippen molar-refractivity contribution in [2.24, 2.45) is 0 Å². The van der Waals surface area contributed by atoms with Crippen molar-refractivity contribution in [1.82, 2.24) is 5.32 Å². The van der Waals surface area contributed by atoms with E-state index in [0.29, 0.717) is 6.10 Å². The fraction of sp³-hybridized carbons (Fsp3) is 1.00. The Hall–Kier alpha value is -0.0800. The number of nitrogens with one attached hydrogen (secondary N) is 1. The summed E-state index contributed by atoms with van der Waals surface area (Å²) in [5.74, 6) is 0. The third-order valence-corrected chi connectivity index (χ3v) is 1.59. The van der Waals surface area contributed by atoms with Gasteiger partial charge in [0, 0.05) is 13.7 Å². The Morgan fingerprint density at radius 3 is 2.50 bits per heavy atom. The summed E-state index contributed by atoms with van der Waals surface area (Å²) in [6.07, 6.45) is 2.68. The zero-order valence-corrected chi connectivity index (χ0v) is 7.31. The number of rotatable bonds is 6. The van der Waals surface area contributed by atoms with Crippen molar-refractivity contribution in [2.75, 3.05) is 20.2 Å². The van der Waals surface area contributed by atoms with E-state index in [4.69, 9.17) is 4.74 Å². The predicted molar refractivity (Wildman–Crippen MR) is 44.2 cm³/mol. The molecule has 0 heterocycles. The fourth-order valence-electron chi connectivity index (χ4n) is 0.834. The van der Waals surface area contributed by atoms with E-state index < -0.39 is 0 Å². The molecule has 0 aromatic carbocycles. The van der Waals surface area contributed by atoms with Crippen LogP contribution in [0.3, 0.4) is 0 Å². The molecule has 0 aliphatic rings. The maximum Gasteiger partial charge on any atom is 0.0693 e. The summed E-state index contributed by atoms with van der Waals surface area (Å²) in [6.45, 7) is 6.39. The molecular weight excluding hydrogens is 126 g/mol. The standard InChI is InChI=1S/C8H19NO/c1-4-6-9-7-8(5-2)10-3/h8-9H,4-7H2,1-3H3. The van der Waals surface area contributed by atoms with Crippen LogP contribution in [-0.2, 0) is 4.74 Å². The molecule has 0 aromatic heterocycles. The molecule has 0 radical (unpaired) electrons. The Morgan fingerprint density at radius 2 is 2.10 bits per heavy atom. The van der Waals surface area contributed by atoms with E-state index in [2.05, 4.69) is 19.2 Å². The zero-order valence-electron chi connectivity index (χ0n) is 7.31. The van der Waals surface area contributed by atoms with Crippen molar-refractivity contribution in [2.45, 2.75) is 32.8 Å². The summed E-state index contributed by atoms with van der Waals surface area (Å²) in [5.41, 5.74) is 0. The summed E-state index contributed by atoms with van der Waals surface area (Å²) in [7, 11) is 1.77. The van der Waals surface area contributed by atoms with Gasteiger partial charge in [-0.25, -0.2) is 0 Å². The summed E-state index contributed by atoms with van der Waals surface area (Å²) in [6, 6.07) is 0. The Labute approximate surface area is 64.0 Å². The Balaban J connectivity index is 3.09. The highest BCUT2D eigenvalue weighted by atomic mass is 16.5. The number of hydrogen-bond donors (Lipinski definition) is 1. The van der Waals surface area contributed by atoms with Crippen molar-refractivity contribution in [3.8, 4) is 0 Å². The van der Waals surface area contributed by atoms with Gasteiger partial charge in [-0.15, -0.1) is 0 Å². The topological polar surface area (TPSA) is 21.3 Å². The molecule has 0 rings (SSSR count). The van der Waals surface area contributed by atoms with E-state index in [1.165, 1.54) is 6.42 Å². The second-order valence-corrected chi connectivity index (χ2v) is 2.47. The number of hydrogen-bond acceptors (Lipinski definition) is 2. The maximum atomic E-state index is 5.18. The molecule has 1 atom stereocenters. The molecule has 0 aliphatic heterocycles. The van der Waals surface area contributed by atoms with Gasteiger partial charge in [-0.2, -0.15) is 0 Å². The highest BCUT2D eigenvalue weighted by Crippen LogP contribution is 1.92. The quantitative estimate of drug-likeness (QED) is 0.571. The molecule has 2 nitrogen and oxygen atoms in total. The fourth-order valence-corrected chi connectivity index (χ4v) is 0.834. The van der Waals surface area contributed by atoms with E-state index in [1.54, 1.807) is 7.11 Å². The van der Waals surface area contributed by atoms with Crippen LogP contribution in [0, 0.1) is 0 Å². The lowest BCUT2D eigenvalue weighted by Crippen LogP contribution is -2.28. The molecule has 1 N–H and O–H groups in total. The second kappa shape index (κ2) is 7.03. The third kappa shape index (κ3) is 4.77. The summed E-state index contributed by atoms with van der Waals surface area (Å²) in [5, 5.41) is 3.31. The van der Waals surface area contributed by atoms with Crippen LogP contribution in [0.1, 0.15) is 26.7 Å². The molecule has 0 spiro atoms. The minimum Gasteiger partial charge on any atom is -0.380 e. The van der Waals surface area contributed by atoms with Crippen LogP contribution in [0.25, 0.3) is 0 Å². The van der Waals surface area contributed by atoms with Crippen LogP contribution in [0.15, 0.2) is 0 Å². The predicted octanol–water partition coefficient (Wildman–Crippen LogP) is 1.41. The number of methoxy groups -OCH3 is 1. The first-order chi connectivity index (χ1) is 4.85. The SMILES string of the molecule is CCCNCC(CC)OC. The lowest BCUT2D eigenvalue weighted by molar-refractivity contribution is 0.0988. The molecular formula is C8H19NO. The average Bonchev–Trinajstić information content (AvgIpc) is 1.99. The highest BCUT2D eigenvalue weighted by molar-refractivity contribution is 4.57. The molecule has 0 fully saturated rings. The Morgan fingerprint density at radius 1 is 1.40 bits per heavy atom. The van der Waals surface area contributed by atoms with Gasteiger partial charge in [-0.1, -0.05) is 13.8 Å². The van der Waals surface area contributed by atoms with E-state index >= 15 is 0 Å². The molecule has 62 valence electrons. The molecule has 1 unspecified atom stereocenters. The van der Waals surface area contributed by atoms with Crippen molar-refractivity contribution in [3.63, 3.8) is 0 Å². The van der Waals surface area contributed by atoms with Gasteiger partial charge in [0.1, 0.15) is 0 Å². The first-order valence-electron chi connectivity index (χ1n) is 4.08. The molecule has 0 aliphatic carbocycles. The van der Waals surface area contributed by atoms with Gasteiger partial charge in [0.2, 0.25) is 0 Å². The van der Waals surface area contributed by atoms with Crippen molar-refractivity contribution in [3.05, 3.63) is 0 Å². The van der Waals surface area contributed by atoms with Crippen LogP contribution >= 0.6 is 0 Å². The van der Waals surface area contributed by atoms with E-state index in [1.807, 2.05) is 0 Å². The van der Waals surface area contributed by atoms with Crippen LogP contribution < -0.4 is 5.32 Å². The van der Waals surface area contributed by atoms with Gasteiger partial charge in [-0.3, -0.25) is 0 Å². The first kappa shape index (κ1) is 9.92. The van der Waals surface area contributed by atoms with Crippen molar-refractivity contribution >= 4 is 0 Å².